The minimum absolute atomic E-state index is 0.0147. The molecule has 0 unspecified atom stereocenters. The molecule has 2 rings (SSSR count). The summed E-state index contributed by atoms with van der Waals surface area (Å²) < 4.78 is 22.3. The van der Waals surface area contributed by atoms with Gasteiger partial charge in [0.15, 0.2) is 9.84 Å². The van der Waals surface area contributed by atoms with Gasteiger partial charge >= 0.3 is 0 Å². The number of hydrogen-bond donors (Lipinski definition) is 2. The molecule has 1 saturated carbocycles. The van der Waals surface area contributed by atoms with Crippen molar-refractivity contribution in [3.8, 4) is 0 Å². The van der Waals surface area contributed by atoms with E-state index in [0.717, 1.165) is 18.5 Å². The molecule has 5 nitrogen and oxygen atoms in total. The van der Waals surface area contributed by atoms with Crippen LogP contribution in [0.2, 0.25) is 0 Å². The second-order valence-corrected chi connectivity index (χ2v) is 7.30. The Bertz CT molecular complexity index is 529. The van der Waals surface area contributed by atoms with E-state index in [2.05, 4.69) is 4.98 Å². The highest BCUT2D eigenvalue weighted by molar-refractivity contribution is 7.90. The van der Waals surface area contributed by atoms with Crippen LogP contribution in [0.4, 0.5) is 0 Å². The van der Waals surface area contributed by atoms with Crippen LogP contribution in [-0.4, -0.2) is 25.5 Å². The first-order chi connectivity index (χ1) is 7.37. The average Bonchev–Trinajstić information content (AvgIpc) is 2.86. The molecule has 1 fully saturated rings. The minimum Gasteiger partial charge on any atom is -0.383 e. The fourth-order valence-corrected chi connectivity index (χ4v) is 3.69. The quantitative estimate of drug-likeness (QED) is 0.618. The van der Waals surface area contributed by atoms with Crippen LogP contribution in [0.1, 0.15) is 34.3 Å². The van der Waals surface area contributed by atoms with Crippen molar-refractivity contribution < 1.29 is 8.42 Å². The first-order valence-electron chi connectivity index (χ1n) is 4.88. The lowest BCUT2D eigenvalue weighted by molar-refractivity contribution is 0.601. The molecular weight excluding hydrogens is 246 g/mol. The monoisotopic (exact) mass is 259 g/mol. The van der Waals surface area contributed by atoms with Crippen molar-refractivity contribution in [2.45, 2.75) is 24.5 Å². The third-order valence-electron chi connectivity index (χ3n) is 2.29. The summed E-state index contributed by atoms with van der Waals surface area (Å²) in [6.07, 6.45) is 3.29. The van der Waals surface area contributed by atoms with Gasteiger partial charge in [0.25, 0.3) is 0 Å². The van der Waals surface area contributed by atoms with Crippen LogP contribution in [0.25, 0.3) is 0 Å². The fourth-order valence-electron chi connectivity index (χ4n) is 1.49. The summed E-state index contributed by atoms with van der Waals surface area (Å²) in [4.78, 5) is 4.94. The third-order valence-corrected chi connectivity index (χ3v) is 4.38. The maximum atomic E-state index is 11.2. The van der Waals surface area contributed by atoms with Crippen LogP contribution < -0.4 is 5.73 Å². The normalized spacial score (nSPS) is 16.3. The van der Waals surface area contributed by atoms with Gasteiger partial charge in [-0.25, -0.2) is 13.4 Å². The summed E-state index contributed by atoms with van der Waals surface area (Å²) in [7, 11) is -3.07. The zero-order chi connectivity index (χ0) is 11.9. The molecule has 0 atom stereocenters. The molecule has 1 aliphatic carbocycles. The number of nitrogen functional groups attached to an aromatic ring is 1. The standard InChI is InChI=1S/C9H13N3O2S2/c1-16(13,14)4-6-12-7(5-2-3-5)8(15-6)9(10)11/h5H,2-4H2,1H3,(H3,10,11). The van der Waals surface area contributed by atoms with Crippen LogP contribution in [0.15, 0.2) is 0 Å². The molecule has 0 aromatic carbocycles. The van der Waals surface area contributed by atoms with Crippen LogP contribution in [0.3, 0.4) is 0 Å². The molecule has 0 aliphatic heterocycles. The van der Waals surface area contributed by atoms with E-state index < -0.39 is 9.84 Å². The summed E-state index contributed by atoms with van der Waals surface area (Å²) in [6, 6.07) is 0. The van der Waals surface area contributed by atoms with Crippen molar-refractivity contribution >= 4 is 27.0 Å². The van der Waals surface area contributed by atoms with E-state index in [9.17, 15) is 8.42 Å². The molecule has 88 valence electrons. The predicted molar refractivity (Wildman–Crippen MR) is 63.7 cm³/mol. The molecule has 0 radical (unpaired) electrons. The van der Waals surface area contributed by atoms with E-state index in [0.29, 0.717) is 15.8 Å². The predicted octanol–water partition coefficient (Wildman–Crippen LogP) is 0.849. The molecule has 0 bridgehead atoms. The topological polar surface area (TPSA) is 96.9 Å². The van der Waals surface area contributed by atoms with Gasteiger partial charge in [-0.05, 0) is 12.8 Å². The van der Waals surface area contributed by atoms with Gasteiger partial charge in [-0.1, -0.05) is 0 Å². The minimum atomic E-state index is -3.07. The van der Waals surface area contributed by atoms with E-state index >= 15 is 0 Å². The number of amidine groups is 1. The lowest BCUT2D eigenvalue weighted by Gasteiger charge is -1.95. The molecule has 1 heterocycles. The number of hydrogen-bond acceptors (Lipinski definition) is 5. The Labute approximate surface area is 98.1 Å². The number of aromatic nitrogens is 1. The van der Waals surface area contributed by atoms with E-state index in [-0.39, 0.29) is 11.6 Å². The summed E-state index contributed by atoms with van der Waals surface area (Å²) in [5, 5.41) is 7.98. The van der Waals surface area contributed by atoms with E-state index in [4.69, 9.17) is 11.1 Å². The molecule has 1 aromatic heterocycles. The van der Waals surface area contributed by atoms with Crippen LogP contribution >= 0.6 is 11.3 Å². The Morgan fingerprint density at radius 3 is 2.69 bits per heavy atom. The SMILES string of the molecule is CS(=O)(=O)Cc1nc(C2CC2)c(C(=N)N)s1. The van der Waals surface area contributed by atoms with Gasteiger partial charge in [-0.2, -0.15) is 0 Å². The highest BCUT2D eigenvalue weighted by Crippen LogP contribution is 2.42. The number of sulfone groups is 1. The van der Waals surface area contributed by atoms with E-state index in [1.165, 1.54) is 17.6 Å². The summed E-state index contributed by atoms with van der Waals surface area (Å²) in [5.41, 5.74) is 6.28. The van der Waals surface area contributed by atoms with Crippen LogP contribution in [0.5, 0.6) is 0 Å². The van der Waals surface area contributed by atoms with Crippen molar-refractivity contribution in [2.75, 3.05) is 6.26 Å². The molecule has 0 spiro atoms. The summed E-state index contributed by atoms with van der Waals surface area (Å²) in [6.45, 7) is 0. The number of nitrogens with one attached hydrogen (secondary N) is 1. The number of nitrogens with zero attached hydrogens (tertiary/aromatic N) is 1. The van der Waals surface area contributed by atoms with Crippen molar-refractivity contribution in [3.63, 3.8) is 0 Å². The maximum absolute atomic E-state index is 11.2. The first kappa shape index (κ1) is 11.5. The van der Waals surface area contributed by atoms with Gasteiger partial charge < -0.3 is 5.73 Å². The summed E-state index contributed by atoms with van der Waals surface area (Å²) >= 11 is 1.22. The lowest BCUT2D eigenvalue weighted by Crippen LogP contribution is -2.11. The Morgan fingerprint density at radius 1 is 1.62 bits per heavy atom. The average molecular weight is 259 g/mol. The molecule has 7 heteroatoms. The zero-order valence-electron chi connectivity index (χ0n) is 8.86. The maximum Gasteiger partial charge on any atom is 0.153 e. The number of nitrogens with two attached hydrogens (primary N) is 1. The van der Waals surface area contributed by atoms with E-state index in [1.54, 1.807) is 0 Å². The highest BCUT2D eigenvalue weighted by Gasteiger charge is 2.30. The van der Waals surface area contributed by atoms with Crippen LogP contribution in [-0.2, 0) is 15.6 Å². The van der Waals surface area contributed by atoms with Crippen molar-refractivity contribution in [1.29, 1.82) is 5.41 Å². The molecule has 0 saturated heterocycles. The Balaban J connectivity index is 2.35. The van der Waals surface area contributed by atoms with Crippen molar-refractivity contribution in [3.05, 3.63) is 15.6 Å². The second-order valence-electron chi connectivity index (χ2n) is 4.08. The molecule has 0 amide bonds. The van der Waals surface area contributed by atoms with Gasteiger partial charge in [0.1, 0.15) is 16.6 Å². The lowest BCUT2D eigenvalue weighted by atomic mass is 10.2. The van der Waals surface area contributed by atoms with Gasteiger partial charge in [-0.3, -0.25) is 5.41 Å². The largest absolute Gasteiger partial charge is 0.383 e. The molecular formula is C9H13N3O2S2. The van der Waals surface area contributed by atoms with Gasteiger partial charge in [0.05, 0.1) is 10.6 Å². The van der Waals surface area contributed by atoms with E-state index in [1.807, 2.05) is 0 Å². The zero-order valence-corrected chi connectivity index (χ0v) is 10.5. The number of rotatable bonds is 4. The molecule has 1 aromatic rings. The first-order valence-corrected chi connectivity index (χ1v) is 7.76. The third kappa shape index (κ3) is 2.59. The van der Waals surface area contributed by atoms with Gasteiger partial charge in [-0.15, -0.1) is 11.3 Å². The highest BCUT2D eigenvalue weighted by atomic mass is 32.2. The van der Waals surface area contributed by atoms with Crippen molar-refractivity contribution in [1.82, 2.24) is 4.98 Å². The Hall–Kier alpha value is -0.950. The smallest absolute Gasteiger partial charge is 0.153 e. The number of thiazole rings is 1. The van der Waals surface area contributed by atoms with Gasteiger partial charge in [0, 0.05) is 12.2 Å². The summed E-state index contributed by atoms with van der Waals surface area (Å²) in [5.74, 6) is 0.299. The molecule has 1 aliphatic rings. The molecule has 16 heavy (non-hydrogen) atoms. The second kappa shape index (κ2) is 3.81. The molecule has 3 N–H and O–H groups in total. The van der Waals surface area contributed by atoms with Gasteiger partial charge in [0.2, 0.25) is 0 Å². The Kier molecular flexibility index (Phi) is 2.75. The van der Waals surface area contributed by atoms with Crippen LogP contribution in [0, 0.1) is 5.41 Å². The fraction of sp³-hybridized carbons (Fsp3) is 0.556. The van der Waals surface area contributed by atoms with Crippen molar-refractivity contribution in [2.24, 2.45) is 5.73 Å². The Morgan fingerprint density at radius 2 is 2.25 bits per heavy atom.